The maximum Gasteiger partial charge on any atom is 0.242 e. The Labute approximate surface area is 142 Å². The van der Waals surface area contributed by atoms with Crippen molar-refractivity contribution in [2.45, 2.75) is 6.42 Å². The highest BCUT2D eigenvalue weighted by Crippen LogP contribution is 2.28. The molecule has 1 fully saturated rings. The first kappa shape index (κ1) is 15.6. The van der Waals surface area contributed by atoms with E-state index in [4.69, 9.17) is 23.8 Å². The highest BCUT2D eigenvalue weighted by Gasteiger charge is 2.36. The number of carbonyl (C=O) groups excluding carboxylic acids is 2. The first-order valence-electron chi connectivity index (χ1n) is 6.68. The van der Waals surface area contributed by atoms with Gasteiger partial charge in [0.15, 0.2) is 5.11 Å². The van der Waals surface area contributed by atoms with Crippen LogP contribution >= 0.6 is 23.8 Å². The van der Waals surface area contributed by atoms with Crippen LogP contribution in [-0.4, -0.2) is 16.9 Å². The summed E-state index contributed by atoms with van der Waals surface area (Å²) in [5.41, 5.74) is 0.882. The van der Waals surface area contributed by atoms with Crippen molar-refractivity contribution in [3.63, 3.8) is 0 Å². The third-order valence-electron chi connectivity index (χ3n) is 3.34. The molecule has 116 valence electrons. The molecule has 1 heterocycles. The Morgan fingerprint density at radius 2 is 1.57 bits per heavy atom. The van der Waals surface area contributed by atoms with Gasteiger partial charge in [0.2, 0.25) is 11.8 Å². The Kier molecular flexibility index (Phi) is 4.11. The molecule has 0 aromatic heterocycles. The first-order valence-corrected chi connectivity index (χ1v) is 7.47. The highest BCUT2D eigenvalue weighted by molar-refractivity contribution is 7.81. The van der Waals surface area contributed by atoms with E-state index >= 15 is 0 Å². The highest BCUT2D eigenvalue weighted by atomic mass is 35.5. The molecular formula is C16H10ClFN2O2S. The lowest BCUT2D eigenvalue weighted by Crippen LogP contribution is -2.55. The Morgan fingerprint density at radius 1 is 0.957 bits per heavy atom. The van der Waals surface area contributed by atoms with Crippen LogP contribution < -0.4 is 9.80 Å². The molecule has 1 aliphatic heterocycles. The normalized spacial score (nSPS) is 15.3. The third-order valence-corrected chi connectivity index (χ3v) is 3.94. The summed E-state index contributed by atoms with van der Waals surface area (Å²) in [6.45, 7) is 0. The Bertz CT molecular complexity index is 810. The van der Waals surface area contributed by atoms with E-state index in [0.717, 1.165) is 0 Å². The number of benzene rings is 2. The molecule has 1 aliphatic rings. The van der Waals surface area contributed by atoms with Gasteiger partial charge in [0, 0.05) is 5.02 Å². The maximum absolute atomic E-state index is 13.1. The molecule has 1 saturated heterocycles. The zero-order valence-electron chi connectivity index (χ0n) is 11.7. The van der Waals surface area contributed by atoms with Crippen molar-refractivity contribution in [1.29, 1.82) is 0 Å². The van der Waals surface area contributed by atoms with E-state index < -0.39 is 17.6 Å². The molecule has 0 unspecified atom stereocenters. The van der Waals surface area contributed by atoms with Gasteiger partial charge in [0.1, 0.15) is 12.2 Å². The van der Waals surface area contributed by atoms with E-state index in [1.807, 2.05) is 0 Å². The van der Waals surface area contributed by atoms with Crippen LogP contribution in [0.3, 0.4) is 0 Å². The van der Waals surface area contributed by atoms with E-state index in [0.29, 0.717) is 16.4 Å². The molecule has 23 heavy (non-hydrogen) atoms. The van der Waals surface area contributed by atoms with Crippen molar-refractivity contribution in [3.8, 4) is 0 Å². The molecule has 0 radical (unpaired) electrons. The fourth-order valence-corrected chi connectivity index (χ4v) is 2.91. The molecule has 2 aromatic carbocycles. The van der Waals surface area contributed by atoms with Crippen molar-refractivity contribution < 1.29 is 14.0 Å². The number of rotatable bonds is 2. The van der Waals surface area contributed by atoms with E-state index in [9.17, 15) is 14.0 Å². The second-order valence-corrected chi connectivity index (χ2v) is 5.68. The summed E-state index contributed by atoms with van der Waals surface area (Å²) in [5.74, 6) is -1.31. The molecule has 0 atom stereocenters. The van der Waals surface area contributed by atoms with E-state index in [1.54, 1.807) is 24.3 Å². The summed E-state index contributed by atoms with van der Waals surface area (Å²) < 4.78 is 13.1. The monoisotopic (exact) mass is 348 g/mol. The van der Waals surface area contributed by atoms with Gasteiger partial charge in [-0.1, -0.05) is 17.7 Å². The van der Waals surface area contributed by atoms with E-state index in [1.165, 1.54) is 34.1 Å². The van der Waals surface area contributed by atoms with Gasteiger partial charge in [0.25, 0.3) is 0 Å². The van der Waals surface area contributed by atoms with Crippen molar-refractivity contribution in [2.75, 3.05) is 9.80 Å². The summed E-state index contributed by atoms with van der Waals surface area (Å²) in [7, 11) is 0. The van der Waals surface area contributed by atoms with Crippen LogP contribution in [0.1, 0.15) is 6.42 Å². The lowest BCUT2D eigenvalue weighted by Gasteiger charge is -2.35. The van der Waals surface area contributed by atoms with E-state index in [2.05, 4.69) is 0 Å². The molecule has 0 spiro atoms. The second kappa shape index (κ2) is 6.06. The number of halogens is 2. The summed E-state index contributed by atoms with van der Waals surface area (Å²) in [4.78, 5) is 26.9. The van der Waals surface area contributed by atoms with Crippen molar-refractivity contribution in [2.24, 2.45) is 0 Å². The lowest BCUT2D eigenvalue weighted by atomic mass is 10.2. The number of hydrogen-bond donors (Lipinski definition) is 0. The van der Waals surface area contributed by atoms with Crippen LogP contribution in [0.25, 0.3) is 0 Å². The van der Waals surface area contributed by atoms with Crippen molar-refractivity contribution in [1.82, 2.24) is 0 Å². The van der Waals surface area contributed by atoms with E-state index in [-0.39, 0.29) is 11.5 Å². The van der Waals surface area contributed by atoms with Gasteiger partial charge in [-0.25, -0.2) is 4.39 Å². The fourth-order valence-electron chi connectivity index (χ4n) is 2.32. The molecule has 0 saturated carbocycles. The SMILES string of the molecule is O=C1CC(=O)N(c2cccc(Cl)c2)C(=S)N1c1ccc(F)cc1. The third kappa shape index (κ3) is 2.95. The van der Waals surface area contributed by atoms with Crippen LogP contribution in [0.2, 0.25) is 5.02 Å². The number of hydrogen-bond acceptors (Lipinski definition) is 3. The van der Waals surface area contributed by atoms with Crippen LogP contribution in [0.5, 0.6) is 0 Å². The molecule has 3 rings (SSSR count). The van der Waals surface area contributed by atoms with Crippen LogP contribution in [0, 0.1) is 5.82 Å². The molecule has 4 nitrogen and oxygen atoms in total. The Hall–Kier alpha value is -2.31. The molecular weight excluding hydrogens is 339 g/mol. The first-order chi connectivity index (χ1) is 11.0. The van der Waals surface area contributed by atoms with Gasteiger partial charge >= 0.3 is 0 Å². The molecule has 0 N–H and O–H groups in total. The molecule has 0 bridgehead atoms. The van der Waals surface area contributed by atoms with Gasteiger partial charge in [-0.15, -0.1) is 0 Å². The average Bonchev–Trinajstić information content (AvgIpc) is 2.49. The minimum atomic E-state index is -0.454. The maximum atomic E-state index is 13.1. The summed E-state index contributed by atoms with van der Waals surface area (Å²) >= 11 is 11.3. The predicted octanol–water partition coefficient (Wildman–Crippen LogP) is 3.53. The van der Waals surface area contributed by atoms with Crippen LogP contribution in [0.15, 0.2) is 48.5 Å². The molecule has 7 heteroatoms. The number of anilines is 2. The minimum absolute atomic E-state index is 0.0140. The molecule has 2 amide bonds. The van der Waals surface area contributed by atoms with Crippen molar-refractivity contribution in [3.05, 3.63) is 59.4 Å². The van der Waals surface area contributed by atoms with Crippen LogP contribution in [-0.2, 0) is 9.59 Å². The lowest BCUT2D eigenvalue weighted by molar-refractivity contribution is -0.126. The van der Waals surface area contributed by atoms with Gasteiger partial charge in [-0.2, -0.15) is 0 Å². The standard InChI is InChI=1S/C16H10ClFN2O2S/c17-10-2-1-3-13(8-10)20-15(22)9-14(21)19(16(20)23)12-6-4-11(18)5-7-12/h1-8H,9H2. The number of carbonyl (C=O) groups is 2. The zero-order chi connectivity index (χ0) is 16.6. The predicted molar refractivity (Wildman–Crippen MR) is 90.0 cm³/mol. The zero-order valence-corrected chi connectivity index (χ0v) is 13.3. The van der Waals surface area contributed by atoms with Crippen molar-refractivity contribution >= 4 is 52.1 Å². The fraction of sp³-hybridized carbons (Fsp3) is 0.0625. The summed E-state index contributed by atoms with van der Waals surface area (Å²) in [6, 6.07) is 11.9. The van der Waals surface area contributed by atoms with Gasteiger partial charge in [-0.3, -0.25) is 19.4 Å². The number of amides is 2. The summed E-state index contributed by atoms with van der Waals surface area (Å²) in [6.07, 6.45) is -0.329. The minimum Gasteiger partial charge on any atom is -0.273 e. The van der Waals surface area contributed by atoms with Crippen LogP contribution in [0.4, 0.5) is 15.8 Å². The number of thiocarbonyl (C=S) groups is 1. The largest absolute Gasteiger partial charge is 0.273 e. The smallest absolute Gasteiger partial charge is 0.242 e. The second-order valence-electron chi connectivity index (χ2n) is 4.87. The topological polar surface area (TPSA) is 40.6 Å². The number of nitrogens with zero attached hydrogens (tertiary/aromatic N) is 2. The molecule has 0 aliphatic carbocycles. The Morgan fingerprint density at radius 3 is 2.17 bits per heavy atom. The van der Waals surface area contributed by atoms with Gasteiger partial charge < -0.3 is 0 Å². The van der Waals surface area contributed by atoms with Gasteiger partial charge in [-0.05, 0) is 54.7 Å². The Balaban J connectivity index is 2.02. The summed E-state index contributed by atoms with van der Waals surface area (Å²) in [5, 5.41) is 0.462. The quantitative estimate of drug-likeness (QED) is 0.615. The average molecular weight is 349 g/mol. The molecule has 2 aromatic rings. The van der Waals surface area contributed by atoms with Gasteiger partial charge in [0.05, 0.1) is 11.4 Å².